The molecule has 1 aromatic carbocycles. The summed E-state index contributed by atoms with van der Waals surface area (Å²) in [5.74, 6) is 0.528. The Balaban J connectivity index is 2.54. The van der Waals surface area contributed by atoms with E-state index in [0.717, 1.165) is 0 Å². The Morgan fingerprint density at radius 1 is 1.21 bits per heavy atom. The summed E-state index contributed by atoms with van der Waals surface area (Å²) in [5, 5.41) is 0.549. The van der Waals surface area contributed by atoms with Gasteiger partial charge < -0.3 is 4.74 Å². The lowest BCUT2D eigenvalue weighted by Gasteiger charge is -2.05. The van der Waals surface area contributed by atoms with Crippen LogP contribution in [0.1, 0.15) is 6.42 Å². The van der Waals surface area contributed by atoms with E-state index in [1.54, 1.807) is 18.2 Å². The minimum Gasteiger partial charge on any atom is -0.493 e. The molecule has 0 fully saturated rings. The number of halogens is 3. The Labute approximate surface area is 96.7 Å². The van der Waals surface area contributed by atoms with E-state index in [1.165, 1.54) is 0 Å². The lowest BCUT2D eigenvalue weighted by Crippen LogP contribution is -2.01. The lowest BCUT2D eigenvalue weighted by atomic mass is 10.3. The number of carbonyl (C=O) groups is 1. The minimum absolute atomic E-state index is 0.158. The van der Waals surface area contributed by atoms with Crippen molar-refractivity contribution in [3.05, 3.63) is 28.2 Å². The topological polar surface area (TPSA) is 26.3 Å². The first-order chi connectivity index (χ1) is 6.58. The first kappa shape index (κ1) is 11.6. The van der Waals surface area contributed by atoms with E-state index in [2.05, 4.69) is 0 Å². The van der Waals surface area contributed by atoms with Gasteiger partial charge in [0, 0.05) is 10.0 Å². The summed E-state index contributed by atoms with van der Waals surface area (Å²) in [7, 11) is 0. The van der Waals surface area contributed by atoms with Gasteiger partial charge in [-0.05, 0) is 29.8 Å². The summed E-state index contributed by atoms with van der Waals surface area (Å²) in [5.41, 5.74) is 0. The minimum atomic E-state index is -0.432. The van der Waals surface area contributed by atoms with Gasteiger partial charge in [0.1, 0.15) is 5.75 Å². The summed E-state index contributed by atoms with van der Waals surface area (Å²) in [6.07, 6.45) is 0.158. The highest BCUT2D eigenvalue weighted by molar-refractivity contribution is 6.63. The van der Waals surface area contributed by atoms with Crippen LogP contribution in [0.15, 0.2) is 18.2 Å². The third-order valence-electron chi connectivity index (χ3n) is 1.40. The van der Waals surface area contributed by atoms with Crippen LogP contribution < -0.4 is 4.74 Å². The molecular weight excluding hydrogens is 246 g/mol. The molecule has 0 aliphatic carbocycles. The van der Waals surface area contributed by atoms with Crippen molar-refractivity contribution in [3.8, 4) is 5.75 Å². The molecule has 0 N–H and O–H groups in total. The standard InChI is InChI=1S/C9H7Cl3O2/c10-6-3-7(11)5-8(4-6)14-2-1-9(12)13/h3-5H,1-2H2. The Morgan fingerprint density at radius 3 is 2.29 bits per heavy atom. The summed E-state index contributed by atoms with van der Waals surface area (Å²) in [6.45, 7) is 0.221. The Hall–Kier alpha value is -0.440. The molecule has 5 heteroatoms. The number of ether oxygens (including phenoxy) is 1. The fraction of sp³-hybridized carbons (Fsp3) is 0.222. The molecule has 0 aliphatic heterocycles. The zero-order valence-electron chi connectivity index (χ0n) is 7.10. The Kier molecular flexibility index (Phi) is 4.52. The quantitative estimate of drug-likeness (QED) is 0.767. The van der Waals surface area contributed by atoms with Crippen LogP contribution in [0.3, 0.4) is 0 Å². The first-order valence-corrected chi connectivity index (χ1v) is 4.98. The SMILES string of the molecule is O=C(Cl)CCOc1cc(Cl)cc(Cl)c1. The molecule has 14 heavy (non-hydrogen) atoms. The second kappa shape index (κ2) is 5.44. The fourth-order valence-corrected chi connectivity index (χ4v) is 1.44. The summed E-state index contributed by atoms with van der Waals surface area (Å²) in [4.78, 5) is 10.4. The Morgan fingerprint density at radius 2 is 1.79 bits per heavy atom. The van der Waals surface area contributed by atoms with Crippen LogP contribution in [0.5, 0.6) is 5.75 Å². The molecule has 1 aromatic rings. The molecule has 0 saturated heterocycles. The maximum absolute atomic E-state index is 10.4. The van der Waals surface area contributed by atoms with Gasteiger partial charge in [-0.2, -0.15) is 0 Å². The van der Waals surface area contributed by atoms with Crippen molar-refractivity contribution in [2.24, 2.45) is 0 Å². The molecule has 0 bridgehead atoms. The maximum Gasteiger partial charge on any atom is 0.225 e. The molecule has 0 unspecified atom stereocenters. The second-order valence-electron chi connectivity index (χ2n) is 2.56. The number of benzene rings is 1. The molecule has 0 radical (unpaired) electrons. The zero-order valence-corrected chi connectivity index (χ0v) is 9.36. The van der Waals surface area contributed by atoms with Crippen LogP contribution in [0.4, 0.5) is 0 Å². The fourth-order valence-electron chi connectivity index (χ4n) is 0.861. The molecule has 0 spiro atoms. The van der Waals surface area contributed by atoms with Gasteiger partial charge in [-0.3, -0.25) is 4.79 Å². The van der Waals surface area contributed by atoms with Gasteiger partial charge in [0.25, 0.3) is 0 Å². The summed E-state index contributed by atoms with van der Waals surface area (Å²) >= 11 is 16.6. The van der Waals surface area contributed by atoms with Crippen molar-refractivity contribution in [2.45, 2.75) is 6.42 Å². The highest BCUT2D eigenvalue weighted by Crippen LogP contribution is 2.24. The van der Waals surface area contributed by atoms with Gasteiger partial charge >= 0.3 is 0 Å². The van der Waals surface area contributed by atoms with Crippen LogP contribution in [-0.2, 0) is 4.79 Å². The maximum atomic E-state index is 10.4. The van der Waals surface area contributed by atoms with E-state index in [0.29, 0.717) is 15.8 Å². The first-order valence-electron chi connectivity index (χ1n) is 3.85. The monoisotopic (exact) mass is 252 g/mol. The highest BCUT2D eigenvalue weighted by Gasteiger charge is 2.00. The van der Waals surface area contributed by atoms with Crippen molar-refractivity contribution in [1.29, 1.82) is 0 Å². The predicted molar refractivity (Wildman–Crippen MR) is 57.4 cm³/mol. The Bertz CT molecular complexity index is 319. The lowest BCUT2D eigenvalue weighted by molar-refractivity contribution is -0.112. The van der Waals surface area contributed by atoms with Gasteiger partial charge in [0.05, 0.1) is 13.0 Å². The van der Waals surface area contributed by atoms with Crippen LogP contribution in [0, 0.1) is 0 Å². The van der Waals surface area contributed by atoms with Crippen molar-refractivity contribution in [1.82, 2.24) is 0 Å². The molecular formula is C9H7Cl3O2. The van der Waals surface area contributed by atoms with E-state index >= 15 is 0 Å². The largest absolute Gasteiger partial charge is 0.493 e. The molecule has 0 atom stereocenters. The molecule has 0 amide bonds. The highest BCUT2D eigenvalue weighted by atomic mass is 35.5. The number of hydrogen-bond donors (Lipinski definition) is 0. The second-order valence-corrected chi connectivity index (χ2v) is 3.85. The van der Waals surface area contributed by atoms with Gasteiger partial charge in [0.15, 0.2) is 0 Å². The van der Waals surface area contributed by atoms with E-state index in [-0.39, 0.29) is 13.0 Å². The van der Waals surface area contributed by atoms with Crippen LogP contribution >= 0.6 is 34.8 Å². The molecule has 0 heterocycles. The van der Waals surface area contributed by atoms with Crippen LogP contribution in [-0.4, -0.2) is 11.8 Å². The average Bonchev–Trinajstić information content (AvgIpc) is 2.01. The third-order valence-corrected chi connectivity index (χ3v) is 2.03. The van der Waals surface area contributed by atoms with Gasteiger partial charge in [-0.25, -0.2) is 0 Å². The van der Waals surface area contributed by atoms with Gasteiger partial charge in [-0.15, -0.1) is 0 Å². The molecule has 2 nitrogen and oxygen atoms in total. The number of hydrogen-bond acceptors (Lipinski definition) is 2. The van der Waals surface area contributed by atoms with Crippen molar-refractivity contribution in [3.63, 3.8) is 0 Å². The zero-order chi connectivity index (χ0) is 10.6. The normalized spacial score (nSPS) is 9.93. The number of carbonyl (C=O) groups excluding carboxylic acids is 1. The van der Waals surface area contributed by atoms with E-state index < -0.39 is 5.24 Å². The predicted octanol–water partition coefficient (Wildman–Crippen LogP) is 3.53. The van der Waals surface area contributed by atoms with Crippen LogP contribution in [0.2, 0.25) is 10.0 Å². The molecule has 0 aromatic heterocycles. The van der Waals surface area contributed by atoms with Crippen molar-refractivity contribution in [2.75, 3.05) is 6.61 Å². The molecule has 76 valence electrons. The molecule has 0 saturated carbocycles. The van der Waals surface area contributed by atoms with Gasteiger partial charge in [-0.1, -0.05) is 23.2 Å². The third kappa shape index (κ3) is 4.18. The molecule has 1 rings (SSSR count). The van der Waals surface area contributed by atoms with E-state index in [9.17, 15) is 4.79 Å². The van der Waals surface area contributed by atoms with Gasteiger partial charge in [0.2, 0.25) is 5.24 Å². The van der Waals surface area contributed by atoms with Crippen molar-refractivity contribution < 1.29 is 9.53 Å². The average molecular weight is 254 g/mol. The van der Waals surface area contributed by atoms with E-state index in [1.807, 2.05) is 0 Å². The van der Waals surface area contributed by atoms with Crippen molar-refractivity contribution >= 4 is 40.0 Å². The smallest absolute Gasteiger partial charge is 0.225 e. The summed E-state index contributed by atoms with van der Waals surface area (Å²) < 4.78 is 5.20. The summed E-state index contributed by atoms with van der Waals surface area (Å²) in [6, 6.07) is 4.83. The van der Waals surface area contributed by atoms with Crippen LogP contribution in [0.25, 0.3) is 0 Å². The van der Waals surface area contributed by atoms with E-state index in [4.69, 9.17) is 39.5 Å². The number of rotatable bonds is 4. The molecule has 0 aliphatic rings.